The molecule has 1 aliphatic rings. The second-order valence-corrected chi connectivity index (χ2v) is 7.43. The van der Waals surface area contributed by atoms with Crippen LogP contribution in [0.15, 0.2) is 60.8 Å². The van der Waals surface area contributed by atoms with Gasteiger partial charge in [-0.1, -0.05) is 5.92 Å². The third-order valence-electron chi connectivity index (χ3n) is 5.31. The van der Waals surface area contributed by atoms with Crippen molar-refractivity contribution in [3.63, 3.8) is 0 Å². The minimum absolute atomic E-state index is 0.317. The second-order valence-electron chi connectivity index (χ2n) is 7.43. The summed E-state index contributed by atoms with van der Waals surface area (Å²) in [4.78, 5) is 11.1. The number of hydrogen-bond donors (Lipinski definition) is 0. The maximum Gasteiger partial charge on any atom is 0.185 e. The van der Waals surface area contributed by atoms with Gasteiger partial charge in [-0.2, -0.15) is 5.10 Å². The highest BCUT2D eigenvalue weighted by Crippen LogP contribution is 2.31. The summed E-state index contributed by atoms with van der Waals surface area (Å²) in [7, 11) is 2.16. The predicted molar refractivity (Wildman–Crippen MR) is 122 cm³/mol. The maximum atomic E-state index is 5.88. The standard InChI is InChI=1S/C23H24BN5O/c1-3-5-8-19(4-2)30-20-11-9-17(10-12-20)22-21-14-25-16-26-23(21)29(27-22)18-7-6-13-28(24)15-18/h1,4-5,8-12,14,16,18H,6-7,13,15,24H2,2H3/b8-5-,19-4+. The van der Waals surface area contributed by atoms with Gasteiger partial charge in [0.05, 0.1) is 11.4 Å². The van der Waals surface area contributed by atoms with Gasteiger partial charge in [-0.15, -0.1) is 6.42 Å². The van der Waals surface area contributed by atoms with E-state index in [2.05, 4.69) is 33.4 Å². The molecule has 150 valence electrons. The van der Waals surface area contributed by atoms with E-state index in [9.17, 15) is 0 Å². The van der Waals surface area contributed by atoms with Gasteiger partial charge in [-0.05, 0) is 68.8 Å². The number of nitrogens with zero attached hydrogens (tertiary/aromatic N) is 5. The molecule has 7 heteroatoms. The molecule has 30 heavy (non-hydrogen) atoms. The molecule has 0 aliphatic carbocycles. The lowest BCUT2D eigenvalue weighted by Gasteiger charge is -2.30. The van der Waals surface area contributed by atoms with E-state index in [0.717, 1.165) is 54.0 Å². The van der Waals surface area contributed by atoms with Crippen molar-refractivity contribution in [2.75, 3.05) is 13.1 Å². The van der Waals surface area contributed by atoms with Crippen molar-refractivity contribution in [2.24, 2.45) is 0 Å². The first-order valence-electron chi connectivity index (χ1n) is 10.1. The van der Waals surface area contributed by atoms with Gasteiger partial charge in [0.1, 0.15) is 23.5 Å². The van der Waals surface area contributed by atoms with Gasteiger partial charge in [-0.25, -0.2) is 14.6 Å². The van der Waals surface area contributed by atoms with E-state index in [4.69, 9.17) is 16.3 Å². The molecule has 0 amide bonds. The first kappa shape index (κ1) is 19.9. The molecule has 4 rings (SSSR count). The largest absolute Gasteiger partial charge is 0.458 e. The molecule has 2 aromatic heterocycles. The van der Waals surface area contributed by atoms with Crippen LogP contribution in [0.25, 0.3) is 22.3 Å². The van der Waals surface area contributed by atoms with Crippen LogP contribution in [-0.2, 0) is 0 Å². The molecule has 3 heterocycles. The van der Waals surface area contributed by atoms with E-state index >= 15 is 0 Å². The molecule has 1 unspecified atom stereocenters. The lowest BCUT2D eigenvalue weighted by Crippen LogP contribution is -2.35. The summed E-state index contributed by atoms with van der Waals surface area (Å²) < 4.78 is 7.96. The normalized spacial score (nSPS) is 18.0. The first-order valence-corrected chi connectivity index (χ1v) is 10.1. The van der Waals surface area contributed by atoms with Crippen LogP contribution in [0.5, 0.6) is 5.75 Å². The van der Waals surface area contributed by atoms with Gasteiger partial charge < -0.3 is 9.55 Å². The number of benzene rings is 1. The average molecular weight is 397 g/mol. The Hall–Kier alpha value is -3.37. The Morgan fingerprint density at radius 2 is 2.17 bits per heavy atom. The van der Waals surface area contributed by atoms with E-state index < -0.39 is 0 Å². The number of allylic oxidation sites excluding steroid dienone is 3. The Balaban J connectivity index is 1.65. The Morgan fingerprint density at radius 1 is 1.33 bits per heavy atom. The fourth-order valence-electron chi connectivity index (χ4n) is 3.82. The van der Waals surface area contributed by atoms with Crippen molar-refractivity contribution >= 4 is 19.0 Å². The van der Waals surface area contributed by atoms with Crippen LogP contribution < -0.4 is 4.74 Å². The average Bonchev–Trinajstić information content (AvgIpc) is 3.17. The van der Waals surface area contributed by atoms with E-state index in [0.29, 0.717) is 11.8 Å². The summed E-state index contributed by atoms with van der Waals surface area (Å²) >= 11 is 0. The zero-order valence-corrected chi connectivity index (χ0v) is 17.3. The van der Waals surface area contributed by atoms with Crippen molar-refractivity contribution in [1.82, 2.24) is 24.6 Å². The molecule has 0 radical (unpaired) electrons. The van der Waals surface area contributed by atoms with Gasteiger partial charge in [0.25, 0.3) is 0 Å². The van der Waals surface area contributed by atoms with Crippen molar-refractivity contribution in [1.29, 1.82) is 0 Å². The zero-order valence-electron chi connectivity index (χ0n) is 17.3. The Labute approximate surface area is 177 Å². The molecular formula is C23H24BN5O. The summed E-state index contributed by atoms with van der Waals surface area (Å²) in [5.74, 6) is 3.91. The van der Waals surface area contributed by atoms with Gasteiger partial charge in [-0.3, -0.25) is 0 Å². The van der Waals surface area contributed by atoms with Gasteiger partial charge in [0, 0.05) is 18.3 Å². The third kappa shape index (κ3) is 4.14. The van der Waals surface area contributed by atoms with Crippen molar-refractivity contribution in [3.05, 3.63) is 60.8 Å². The zero-order chi connectivity index (χ0) is 20.9. The predicted octanol–water partition coefficient (Wildman–Crippen LogP) is 3.15. The molecule has 3 aromatic rings. The molecule has 0 saturated carbocycles. The molecule has 1 aliphatic heterocycles. The molecule has 1 aromatic carbocycles. The quantitative estimate of drug-likeness (QED) is 0.287. The van der Waals surface area contributed by atoms with E-state index in [1.54, 1.807) is 18.5 Å². The summed E-state index contributed by atoms with van der Waals surface area (Å²) in [5.41, 5.74) is 2.78. The first-order chi connectivity index (χ1) is 14.7. The van der Waals surface area contributed by atoms with Crippen molar-refractivity contribution in [2.45, 2.75) is 25.8 Å². The number of hydrogen-bond acceptors (Lipinski definition) is 5. The lowest BCUT2D eigenvalue weighted by molar-refractivity contribution is 0.265. The van der Waals surface area contributed by atoms with Gasteiger partial charge in [0.15, 0.2) is 13.6 Å². The number of terminal acetylenes is 1. The number of fused-ring (bicyclic) bond motifs is 1. The number of rotatable bonds is 5. The fraction of sp³-hybridized carbons (Fsp3) is 0.261. The maximum absolute atomic E-state index is 5.88. The summed E-state index contributed by atoms with van der Waals surface area (Å²) in [6.07, 6.45) is 16.2. The van der Waals surface area contributed by atoms with E-state index in [-0.39, 0.29) is 0 Å². The van der Waals surface area contributed by atoms with Crippen LogP contribution in [-0.4, -0.2) is 45.6 Å². The molecule has 1 saturated heterocycles. The third-order valence-corrected chi connectivity index (χ3v) is 5.31. The molecule has 0 spiro atoms. The van der Waals surface area contributed by atoms with Crippen molar-refractivity contribution < 1.29 is 4.74 Å². The van der Waals surface area contributed by atoms with Crippen LogP contribution in [0.2, 0.25) is 0 Å². The molecule has 0 N–H and O–H groups in total. The number of ether oxygens (including phenoxy) is 1. The second kappa shape index (κ2) is 8.97. The highest BCUT2D eigenvalue weighted by molar-refractivity contribution is 6.04. The van der Waals surface area contributed by atoms with Gasteiger partial charge >= 0.3 is 0 Å². The van der Waals surface area contributed by atoms with E-state index in [1.807, 2.05) is 43.5 Å². The van der Waals surface area contributed by atoms with Gasteiger partial charge in [0.2, 0.25) is 0 Å². The number of aromatic nitrogens is 4. The highest BCUT2D eigenvalue weighted by Gasteiger charge is 2.23. The topological polar surface area (TPSA) is 56.1 Å². The Morgan fingerprint density at radius 3 is 2.90 bits per heavy atom. The molecular weight excluding hydrogens is 373 g/mol. The summed E-state index contributed by atoms with van der Waals surface area (Å²) in [6.45, 7) is 4.01. The fourth-order valence-corrected chi connectivity index (χ4v) is 3.82. The Bertz CT molecular complexity index is 1130. The minimum Gasteiger partial charge on any atom is -0.458 e. The van der Waals surface area contributed by atoms with Crippen LogP contribution in [0.3, 0.4) is 0 Å². The highest BCUT2D eigenvalue weighted by atomic mass is 16.5. The number of piperidine rings is 1. The monoisotopic (exact) mass is 397 g/mol. The van der Waals surface area contributed by atoms with Crippen LogP contribution in [0.1, 0.15) is 25.8 Å². The summed E-state index contributed by atoms with van der Waals surface area (Å²) in [6, 6.07) is 8.22. The SMILES string of the molecule is BN1CCCC(n2nc(-c3ccc(OC(/C=C\C#C)=C/C)cc3)c3cncnc32)C1. The molecule has 1 fully saturated rings. The molecule has 6 nitrogen and oxygen atoms in total. The van der Waals surface area contributed by atoms with Crippen LogP contribution >= 0.6 is 0 Å². The summed E-state index contributed by atoms with van der Waals surface area (Å²) in [5, 5.41) is 5.93. The van der Waals surface area contributed by atoms with Crippen LogP contribution in [0.4, 0.5) is 0 Å². The van der Waals surface area contributed by atoms with Crippen molar-refractivity contribution in [3.8, 4) is 29.4 Å². The van der Waals surface area contributed by atoms with Crippen LogP contribution in [0, 0.1) is 12.3 Å². The molecule has 0 bridgehead atoms. The smallest absolute Gasteiger partial charge is 0.185 e. The van der Waals surface area contributed by atoms with E-state index in [1.165, 1.54) is 0 Å². The lowest BCUT2D eigenvalue weighted by atomic mass is 10.0. The molecule has 1 atom stereocenters. The Kier molecular flexibility index (Phi) is 5.96. The minimum atomic E-state index is 0.317.